The fourth-order valence-electron chi connectivity index (χ4n) is 5.35. The van der Waals surface area contributed by atoms with Crippen LogP contribution < -0.4 is 5.32 Å². The fourth-order valence-corrected chi connectivity index (χ4v) is 5.35. The summed E-state index contributed by atoms with van der Waals surface area (Å²) in [6, 6.07) is 16.6. The van der Waals surface area contributed by atoms with Crippen molar-refractivity contribution in [3.05, 3.63) is 60.2 Å². The van der Waals surface area contributed by atoms with Crippen molar-refractivity contribution in [2.75, 3.05) is 13.2 Å². The van der Waals surface area contributed by atoms with Crippen LogP contribution in [0, 0.1) is 0 Å². The number of amides is 2. The first-order valence-corrected chi connectivity index (χ1v) is 12.7. The van der Waals surface area contributed by atoms with E-state index in [9.17, 15) is 9.59 Å². The van der Waals surface area contributed by atoms with E-state index in [0.29, 0.717) is 6.54 Å². The molecule has 2 amide bonds. The predicted molar refractivity (Wildman–Crippen MR) is 132 cm³/mol. The third-order valence-electron chi connectivity index (χ3n) is 7.13. The molecule has 8 heteroatoms. The Bertz CT molecular complexity index is 1140. The lowest BCUT2D eigenvalue weighted by Gasteiger charge is -2.39. The lowest BCUT2D eigenvalue weighted by atomic mass is 9.91. The molecule has 3 aromatic rings. The molecule has 8 nitrogen and oxygen atoms in total. The highest BCUT2D eigenvalue weighted by atomic mass is 16.5. The van der Waals surface area contributed by atoms with E-state index in [2.05, 4.69) is 15.6 Å². The Labute approximate surface area is 205 Å². The minimum absolute atomic E-state index is 0.00437. The van der Waals surface area contributed by atoms with Crippen LogP contribution in [0.4, 0.5) is 0 Å². The Hall–Kier alpha value is -3.26. The minimum atomic E-state index is -0.706. The van der Waals surface area contributed by atoms with Gasteiger partial charge in [-0.3, -0.25) is 9.59 Å². The number of hydrogen-bond acceptors (Lipinski definition) is 5. The molecule has 0 spiro atoms. The van der Waals surface area contributed by atoms with E-state index in [0.717, 1.165) is 68.1 Å². The predicted octanol–water partition coefficient (Wildman–Crippen LogP) is 3.63. The smallest absolute Gasteiger partial charge is 0.247 e. The lowest BCUT2D eigenvalue weighted by Crippen LogP contribution is -2.51. The van der Waals surface area contributed by atoms with Gasteiger partial charge in [-0.2, -0.15) is 0 Å². The molecule has 1 aromatic heterocycles. The minimum Gasteiger partial charge on any atom is -0.376 e. The Morgan fingerprint density at radius 3 is 2.54 bits per heavy atom. The van der Waals surface area contributed by atoms with Gasteiger partial charge in [0.2, 0.25) is 11.8 Å². The Morgan fingerprint density at radius 2 is 1.77 bits per heavy atom. The van der Waals surface area contributed by atoms with Crippen molar-refractivity contribution in [2.24, 2.45) is 0 Å². The maximum Gasteiger partial charge on any atom is 0.247 e. The summed E-state index contributed by atoms with van der Waals surface area (Å²) >= 11 is 0. The molecule has 5 rings (SSSR count). The van der Waals surface area contributed by atoms with Crippen LogP contribution in [0.2, 0.25) is 0 Å². The topological polar surface area (TPSA) is 89.4 Å². The fraction of sp³-hybridized carbons (Fsp3) is 0.481. The first-order valence-electron chi connectivity index (χ1n) is 12.7. The quantitative estimate of drug-likeness (QED) is 0.537. The van der Waals surface area contributed by atoms with E-state index < -0.39 is 6.04 Å². The van der Waals surface area contributed by atoms with Crippen molar-refractivity contribution in [1.82, 2.24) is 25.2 Å². The van der Waals surface area contributed by atoms with Crippen LogP contribution in [0.1, 0.15) is 56.6 Å². The lowest BCUT2D eigenvalue weighted by molar-refractivity contribution is -0.145. The highest BCUT2D eigenvalue weighted by molar-refractivity contribution is 5.89. The number of para-hydroxylation sites is 1. The second-order valence-corrected chi connectivity index (χ2v) is 9.52. The van der Waals surface area contributed by atoms with Gasteiger partial charge < -0.3 is 15.0 Å². The second kappa shape index (κ2) is 11.0. The Morgan fingerprint density at radius 1 is 1.00 bits per heavy atom. The van der Waals surface area contributed by atoms with Crippen molar-refractivity contribution in [3.8, 4) is 0 Å². The average molecular weight is 476 g/mol. The van der Waals surface area contributed by atoms with Crippen LogP contribution >= 0.6 is 0 Å². The maximum absolute atomic E-state index is 14.0. The molecule has 2 aliphatic rings. The van der Waals surface area contributed by atoms with Gasteiger partial charge in [-0.25, -0.2) is 4.68 Å². The van der Waals surface area contributed by atoms with Crippen LogP contribution in [0.25, 0.3) is 11.0 Å². The molecule has 1 saturated heterocycles. The first-order chi connectivity index (χ1) is 17.2. The summed E-state index contributed by atoms with van der Waals surface area (Å²) in [6.07, 6.45) is 7.06. The molecule has 2 fully saturated rings. The highest BCUT2D eigenvalue weighted by Gasteiger charge is 2.37. The number of hydrogen-bond donors (Lipinski definition) is 1. The molecule has 35 heavy (non-hydrogen) atoms. The van der Waals surface area contributed by atoms with E-state index in [1.54, 1.807) is 4.68 Å². The summed E-state index contributed by atoms with van der Waals surface area (Å²) in [5.41, 5.74) is 2.38. The van der Waals surface area contributed by atoms with Gasteiger partial charge >= 0.3 is 0 Å². The monoisotopic (exact) mass is 475 g/mol. The molecule has 2 aromatic carbocycles. The van der Waals surface area contributed by atoms with Gasteiger partial charge in [0.1, 0.15) is 18.1 Å². The summed E-state index contributed by atoms with van der Waals surface area (Å²) in [5, 5.41) is 11.5. The average Bonchev–Trinajstić information content (AvgIpc) is 3.57. The number of carbonyl (C=O) groups is 2. The summed E-state index contributed by atoms with van der Waals surface area (Å²) < 4.78 is 7.35. The molecule has 0 bridgehead atoms. The molecule has 0 unspecified atom stereocenters. The summed E-state index contributed by atoms with van der Waals surface area (Å²) in [4.78, 5) is 29.5. The van der Waals surface area contributed by atoms with Crippen LogP contribution in [0.5, 0.6) is 0 Å². The number of benzene rings is 2. The molecular weight excluding hydrogens is 442 g/mol. The van der Waals surface area contributed by atoms with Crippen molar-refractivity contribution in [2.45, 2.75) is 69.7 Å². The van der Waals surface area contributed by atoms with Gasteiger partial charge in [0, 0.05) is 19.2 Å². The van der Waals surface area contributed by atoms with Crippen LogP contribution in [0.15, 0.2) is 54.6 Å². The van der Waals surface area contributed by atoms with Crippen LogP contribution in [-0.2, 0) is 20.9 Å². The number of carbonyl (C=O) groups excluding carboxylic acids is 2. The number of aromatic nitrogens is 3. The SMILES string of the molecule is O=C(NC[C@H]1CCCO1)[C@H](c1ccccc1)N(C(=O)Cn1nnc2ccccc21)C1CCCCC1. The van der Waals surface area contributed by atoms with Gasteiger partial charge in [-0.15, -0.1) is 5.10 Å². The maximum atomic E-state index is 14.0. The number of nitrogens with one attached hydrogen (secondary N) is 1. The van der Waals surface area contributed by atoms with E-state index in [1.165, 1.54) is 0 Å². The summed E-state index contributed by atoms with van der Waals surface area (Å²) in [5.74, 6) is -0.275. The molecule has 2 heterocycles. The second-order valence-electron chi connectivity index (χ2n) is 9.52. The van der Waals surface area contributed by atoms with Gasteiger partial charge in [-0.05, 0) is 43.4 Å². The molecule has 1 saturated carbocycles. The standard InChI is InChI=1S/C27H33N5O3/c33-25(19-31-24-16-8-7-15-23(24)29-30-31)32(21-12-5-2-6-13-21)26(20-10-3-1-4-11-20)27(34)28-18-22-14-9-17-35-22/h1,3-4,7-8,10-11,15-16,21-22,26H,2,5-6,9,12-14,17-19H2,(H,28,34)/t22-,26+/m1/s1. The van der Waals surface area contributed by atoms with E-state index in [1.807, 2.05) is 59.5 Å². The third kappa shape index (κ3) is 5.37. The van der Waals surface area contributed by atoms with Gasteiger partial charge in [-0.1, -0.05) is 66.9 Å². The van der Waals surface area contributed by atoms with Crippen LogP contribution in [-0.4, -0.2) is 57.0 Å². The van der Waals surface area contributed by atoms with E-state index in [4.69, 9.17) is 4.74 Å². The molecule has 184 valence electrons. The van der Waals surface area contributed by atoms with Crippen molar-refractivity contribution in [1.29, 1.82) is 0 Å². The largest absolute Gasteiger partial charge is 0.376 e. The molecule has 1 aliphatic heterocycles. The van der Waals surface area contributed by atoms with Crippen molar-refractivity contribution in [3.63, 3.8) is 0 Å². The number of ether oxygens (including phenoxy) is 1. The van der Waals surface area contributed by atoms with Gasteiger partial charge in [0.05, 0.1) is 11.6 Å². The third-order valence-corrected chi connectivity index (χ3v) is 7.13. The zero-order chi connectivity index (χ0) is 24.0. The van der Waals surface area contributed by atoms with E-state index in [-0.39, 0.29) is 30.5 Å². The highest BCUT2D eigenvalue weighted by Crippen LogP contribution is 2.31. The van der Waals surface area contributed by atoms with Crippen LogP contribution in [0.3, 0.4) is 0 Å². The first kappa shape index (κ1) is 23.5. The molecule has 1 aliphatic carbocycles. The zero-order valence-electron chi connectivity index (χ0n) is 20.0. The number of fused-ring (bicyclic) bond motifs is 1. The normalized spacial score (nSPS) is 19.5. The zero-order valence-corrected chi connectivity index (χ0v) is 20.0. The van der Waals surface area contributed by atoms with Crippen molar-refractivity contribution >= 4 is 22.8 Å². The molecule has 0 radical (unpaired) electrons. The van der Waals surface area contributed by atoms with Gasteiger partial charge in [0.25, 0.3) is 0 Å². The molecule has 1 N–H and O–H groups in total. The number of nitrogens with zero attached hydrogens (tertiary/aromatic N) is 4. The molecular formula is C27H33N5O3. The van der Waals surface area contributed by atoms with Gasteiger partial charge in [0.15, 0.2) is 0 Å². The number of rotatable bonds is 8. The molecule has 2 atom stereocenters. The van der Waals surface area contributed by atoms with Crippen molar-refractivity contribution < 1.29 is 14.3 Å². The van der Waals surface area contributed by atoms with E-state index >= 15 is 0 Å². The Balaban J connectivity index is 1.45. The summed E-state index contributed by atoms with van der Waals surface area (Å²) in [7, 11) is 0. The Kier molecular flexibility index (Phi) is 7.37. The summed E-state index contributed by atoms with van der Waals surface area (Å²) in [6.45, 7) is 1.24.